The van der Waals surface area contributed by atoms with Crippen molar-refractivity contribution in [2.24, 2.45) is 34.3 Å². The highest BCUT2D eigenvalue weighted by Crippen LogP contribution is 2.40. The molecule has 4 nitrogen and oxygen atoms in total. The second-order valence-electron chi connectivity index (χ2n) is 5.97. The molecule has 1 fully saturated rings. The Labute approximate surface area is 86.4 Å². The molecule has 0 heterocycles. The number of hydrogen-bond donors (Lipinski definition) is 4. The van der Waals surface area contributed by atoms with Crippen LogP contribution in [0, 0.1) is 11.3 Å². The van der Waals surface area contributed by atoms with Gasteiger partial charge >= 0.3 is 0 Å². The predicted octanol–water partition coefficient (Wildman–Crippen LogP) is 0.0600. The van der Waals surface area contributed by atoms with Gasteiger partial charge in [0.05, 0.1) is 11.3 Å². The van der Waals surface area contributed by atoms with Crippen LogP contribution in [0.1, 0.15) is 40.0 Å². The van der Waals surface area contributed by atoms with Gasteiger partial charge in [0.25, 0.3) is 0 Å². The minimum absolute atomic E-state index is 0.217. The number of rotatable bonds is 1. The third-order valence-corrected chi connectivity index (χ3v) is 3.25. The Kier molecular flexibility index (Phi) is 2.69. The van der Waals surface area contributed by atoms with Gasteiger partial charge in [-0.1, -0.05) is 20.8 Å². The van der Waals surface area contributed by atoms with Gasteiger partial charge in [0.1, 0.15) is 0 Å². The molecular weight excluding hydrogens is 176 g/mol. The summed E-state index contributed by atoms with van der Waals surface area (Å²) in [7, 11) is 0. The van der Waals surface area contributed by atoms with Crippen molar-refractivity contribution >= 4 is 0 Å². The van der Waals surface area contributed by atoms with E-state index >= 15 is 0 Å². The van der Waals surface area contributed by atoms with Gasteiger partial charge in [-0.05, 0) is 30.6 Å². The van der Waals surface area contributed by atoms with E-state index in [2.05, 4.69) is 20.8 Å². The van der Waals surface area contributed by atoms with Crippen LogP contribution in [0.5, 0.6) is 0 Å². The van der Waals surface area contributed by atoms with Gasteiger partial charge in [0.15, 0.2) is 0 Å². The minimum atomic E-state index is -0.930. The molecule has 14 heavy (non-hydrogen) atoms. The Morgan fingerprint density at radius 2 is 1.64 bits per heavy atom. The highest BCUT2D eigenvalue weighted by atomic mass is 15.2. The Hall–Kier alpha value is -0.160. The lowest BCUT2D eigenvalue weighted by atomic mass is 9.79. The molecule has 0 aliphatic heterocycles. The van der Waals surface area contributed by atoms with E-state index in [0.29, 0.717) is 6.42 Å². The molecule has 0 aromatic heterocycles. The average molecular weight is 200 g/mol. The lowest BCUT2D eigenvalue weighted by Crippen LogP contribution is -2.75. The SMILES string of the molecule is CC(C)(C)CC1CCC(N)(N)C1(N)N. The maximum atomic E-state index is 6.03. The molecule has 0 spiro atoms. The van der Waals surface area contributed by atoms with Crippen LogP contribution >= 0.6 is 0 Å². The van der Waals surface area contributed by atoms with E-state index in [0.717, 1.165) is 12.8 Å². The molecule has 0 saturated heterocycles. The van der Waals surface area contributed by atoms with Gasteiger partial charge in [0, 0.05) is 0 Å². The van der Waals surface area contributed by atoms with Gasteiger partial charge in [0.2, 0.25) is 0 Å². The Morgan fingerprint density at radius 3 is 1.93 bits per heavy atom. The van der Waals surface area contributed by atoms with E-state index < -0.39 is 11.3 Å². The van der Waals surface area contributed by atoms with Crippen LogP contribution in [-0.4, -0.2) is 11.3 Å². The largest absolute Gasteiger partial charge is 0.311 e. The zero-order chi connectivity index (χ0) is 11.2. The summed E-state index contributed by atoms with van der Waals surface area (Å²) in [5.74, 6) is 0.220. The van der Waals surface area contributed by atoms with Gasteiger partial charge in [-0.3, -0.25) is 0 Å². The Bertz CT molecular complexity index is 215. The molecule has 0 radical (unpaired) electrons. The van der Waals surface area contributed by atoms with Crippen molar-refractivity contribution in [2.45, 2.75) is 51.4 Å². The highest BCUT2D eigenvalue weighted by Gasteiger charge is 2.52. The minimum Gasteiger partial charge on any atom is -0.311 e. The average Bonchev–Trinajstić information content (AvgIpc) is 2.10. The Morgan fingerprint density at radius 1 is 1.14 bits per heavy atom. The van der Waals surface area contributed by atoms with Gasteiger partial charge in [-0.25, -0.2) is 0 Å². The highest BCUT2D eigenvalue weighted by molar-refractivity contribution is 5.09. The summed E-state index contributed by atoms with van der Waals surface area (Å²) < 4.78 is 0. The van der Waals surface area contributed by atoms with Crippen molar-refractivity contribution in [1.82, 2.24) is 0 Å². The first-order valence-electron chi connectivity index (χ1n) is 5.22. The summed E-state index contributed by atoms with van der Waals surface area (Å²) in [4.78, 5) is 0. The quantitative estimate of drug-likeness (QED) is 0.449. The monoisotopic (exact) mass is 200 g/mol. The predicted molar refractivity (Wildman–Crippen MR) is 59.0 cm³/mol. The third kappa shape index (κ3) is 2.08. The van der Waals surface area contributed by atoms with Crippen molar-refractivity contribution < 1.29 is 0 Å². The Balaban J connectivity index is 2.76. The molecule has 1 saturated carbocycles. The van der Waals surface area contributed by atoms with Gasteiger partial charge in [-0.2, -0.15) is 0 Å². The summed E-state index contributed by atoms with van der Waals surface area (Å²) in [5.41, 5.74) is 22.2. The van der Waals surface area contributed by atoms with E-state index in [1.54, 1.807) is 0 Å². The van der Waals surface area contributed by atoms with Crippen LogP contribution in [0.25, 0.3) is 0 Å². The first-order valence-corrected chi connectivity index (χ1v) is 5.22. The van der Waals surface area contributed by atoms with Crippen molar-refractivity contribution in [1.29, 1.82) is 0 Å². The fourth-order valence-corrected chi connectivity index (χ4v) is 2.26. The molecule has 0 amide bonds. The summed E-state index contributed by atoms with van der Waals surface area (Å²) in [6.07, 6.45) is 2.61. The van der Waals surface area contributed by atoms with Crippen LogP contribution < -0.4 is 22.9 Å². The second-order valence-corrected chi connectivity index (χ2v) is 5.97. The zero-order valence-corrected chi connectivity index (χ0v) is 9.51. The molecular formula is C10H24N4. The molecule has 1 aliphatic rings. The molecule has 0 bridgehead atoms. The molecule has 84 valence electrons. The molecule has 0 aromatic rings. The lowest BCUT2D eigenvalue weighted by molar-refractivity contribution is 0.172. The van der Waals surface area contributed by atoms with Crippen molar-refractivity contribution in [3.63, 3.8) is 0 Å². The molecule has 1 rings (SSSR count). The van der Waals surface area contributed by atoms with Gasteiger partial charge in [-0.15, -0.1) is 0 Å². The lowest BCUT2D eigenvalue weighted by Gasteiger charge is -2.39. The maximum absolute atomic E-state index is 6.03. The van der Waals surface area contributed by atoms with E-state index in [9.17, 15) is 0 Å². The van der Waals surface area contributed by atoms with Gasteiger partial charge < -0.3 is 22.9 Å². The molecule has 1 atom stereocenters. The second kappa shape index (κ2) is 3.17. The van der Waals surface area contributed by atoms with Crippen molar-refractivity contribution in [2.75, 3.05) is 0 Å². The van der Waals surface area contributed by atoms with E-state index in [-0.39, 0.29) is 11.3 Å². The summed E-state index contributed by atoms with van der Waals surface area (Å²) in [6.45, 7) is 6.53. The number of nitrogens with two attached hydrogens (primary N) is 4. The molecule has 0 aromatic carbocycles. The summed E-state index contributed by atoms with van der Waals surface area (Å²) in [6, 6.07) is 0. The topological polar surface area (TPSA) is 104 Å². The zero-order valence-electron chi connectivity index (χ0n) is 9.51. The first kappa shape index (κ1) is 11.9. The van der Waals surface area contributed by atoms with E-state index in [1.165, 1.54) is 0 Å². The van der Waals surface area contributed by atoms with E-state index in [1.807, 2.05) is 0 Å². The number of hydrogen-bond acceptors (Lipinski definition) is 4. The van der Waals surface area contributed by atoms with E-state index in [4.69, 9.17) is 22.9 Å². The normalized spacial score (nSPS) is 30.6. The maximum Gasteiger partial charge on any atom is 0.0984 e. The van der Waals surface area contributed by atoms with Crippen LogP contribution in [0.3, 0.4) is 0 Å². The molecule has 1 aliphatic carbocycles. The summed E-state index contributed by atoms with van der Waals surface area (Å²) in [5, 5.41) is 0. The third-order valence-electron chi connectivity index (χ3n) is 3.25. The van der Waals surface area contributed by atoms with Crippen LogP contribution in [0.15, 0.2) is 0 Å². The van der Waals surface area contributed by atoms with Crippen LogP contribution in [0.2, 0.25) is 0 Å². The fourth-order valence-electron chi connectivity index (χ4n) is 2.26. The standard InChI is InChI=1S/C10H24N4/c1-8(2,3)6-7-4-5-9(11,12)10(7,13)14/h7H,4-6,11-14H2,1-3H3. The van der Waals surface area contributed by atoms with Crippen molar-refractivity contribution in [3.05, 3.63) is 0 Å². The molecule has 4 heteroatoms. The smallest absolute Gasteiger partial charge is 0.0984 e. The molecule has 1 unspecified atom stereocenters. The summed E-state index contributed by atoms with van der Waals surface area (Å²) >= 11 is 0. The fraction of sp³-hybridized carbons (Fsp3) is 1.00. The van der Waals surface area contributed by atoms with Crippen molar-refractivity contribution in [3.8, 4) is 0 Å². The first-order chi connectivity index (χ1) is 6.06. The van der Waals surface area contributed by atoms with Crippen LogP contribution in [-0.2, 0) is 0 Å². The van der Waals surface area contributed by atoms with Crippen LogP contribution in [0.4, 0.5) is 0 Å². The molecule has 8 N–H and O–H groups in total.